The molecule has 3 rings (SSSR count). The lowest BCUT2D eigenvalue weighted by Crippen LogP contribution is -2.24. The maximum absolute atomic E-state index is 11.5. The van der Waals surface area contributed by atoms with Gasteiger partial charge >= 0.3 is 5.97 Å². The molecule has 22 heavy (non-hydrogen) atoms. The zero-order valence-corrected chi connectivity index (χ0v) is 12.6. The first-order chi connectivity index (χ1) is 10.7. The van der Waals surface area contributed by atoms with Gasteiger partial charge in [-0.05, 0) is 30.7 Å². The van der Waals surface area contributed by atoms with Gasteiger partial charge < -0.3 is 14.9 Å². The molecule has 0 radical (unpaired) electrons. The second kappa shape index (κ2) is 6.67. The number of aliphatic hydroxyl groups is 1. The van der Waals surface area contributed by atoms with Gasteiger partial charge in [0.25, 0.3) is 0 Å². The molecule has 5 nitrogen and oxygen atoms in total. The van der Waals surface area contributed by atoms with Gasteiger partial charge in [-0.2, -0.15) is 0 Å². The van der Waals surface area contributed by atoms with Gasteiger partial charge in [-0.1, -0.05) is 18.2 Å². The Morgan fingerprint density at radius 2 is 2.05 bits per heavy atom. The molecule has 2 atom stereocenters. The van der Waals surface area contributed by atoms with Crippen LogP contribution in [0.1, 0.15) is 18.4 Å². The lowest BCUT2D eigenvalue weighted by molar-refractivity contribution is -0.142. The van der Waals surface area contributed by atoms with Crippen molar-refractivity contribution in [3.05, 3.63) is 29.8 Å². The number of ether oxygens (including phenoxy) is 1. The molecule has 5 heteroatoms. The third-order valence-corrected chi connectivity index (χ3v) is 4.70. The van der Waals surface area contributed by atoms with Gasteiger partial charge in [0.2, 0.25) is 0 Å². The fourth-order valence-corrected chi connectivity index (χ4v) is 3.48. The molecular formula is C17H23NO4. The normalized spacial score (nSPS) is 25.3. The van der Waals surface area contributed by atoms with Crippen LogP contribution in [0.4, 0.5) is 0 Å². The highest BCUT2D eigenvalue weighted by Crippen LogP contribution is 2.44. The summed E-state index contributed by atoms with van der Waals surface area (Å²) in [6.45, 7) is 2.44. The Kier molecular flexibility index (Phi) is 4.64. The summed E-state index contributed by atoms with van der Waals surface area (Å²) in [4.78, 5) is 13.7. The predicted octanol–water partition coefficient (Wildman–Crippen LogP) is 1.60. The van der Waals surface area contributed by atoms with Crippen molar-refractivity contribution in [1.82, 2.24) is 4.90 Å². The highest BCUT2D eigenvalue weighted by molar-refractivity contribution is 5.71. The second-order valence-electron chi connectivity index (χ2n) is 6.32. The number of carboxylic acids is 1. The summed E-state index contributed by atoms with van der Waals surface area (Å²) >= 11 is 0. The standard InChI is InChI=1S/C17H23NO4/c19-7-8-22-16-4-2-1-3-13(16)9-18-10-14(12-5-6-12)15(11-18)17(20)21/h1-4,12,14-15,19H,5-11H2,(H,20,21)/t14-,15+/m0/s1. The van der Waals surface area contributed by atoms with Crippen LogP contribution in [0.5, 0.6) is 5.75 Å². The van der Waals surface area contributed by atoms with E-state index in [0.29, 0.717) is 24.9 Å². The van der Waals surface area contributed by atoms with E-state index in [1.54, 1.807) is 0 Å². The molecule has 0 bridgehead atoms. The predicted molar refractivity (Wildman–Crippen MR) is 81.6 cm³/mol. The van der Waals surface area contributed by atoms with Crippen LogP contribution < -0.4 is 4.74 Å². The van der Waals surface area contributed by atoms with E-state index in [1.165, 1.54) is 12.8 Å². The Hall–Kier alpha value is -1.59. The molecule has 120 valence electrons. The average Bonchev–Trinajstić information content (AvgIpc) is 3.27. The molecule has 1 aromatic rings. The number of aliphatic hydroxyl groups excluding tert-OH is 1. The first kappa shape index (κ1) is 15.3. The summed E-state index contributed by atoms with van der Waals surface area (Å²) in [5.41, 5.74) is 1.05. The van der Waals surface area contributed by atoms with Gasteiger partial charge in [0, 0.05) is 25.2 Å². The number of benzene rings is 1. The Morgan fingerprint density at radius 1 is 1.27 bits per heavy atom. The van der Waals surface area contributed by atoms with E-state index < -0.39 is 5.97 Å². The molecule has 0 unspecified atom stereocenters. The summed E-state index contributed by atoms with van der Waals surface area (Å²) in [5, 5.41) is 18.3. The molecule has 2 fully saturated rings. The maximum atomic E-state index is 11.5. The van der Waals surface area contributed by atoms with Gasteiger partial charge in [0.05, 0.1) is 12.5 Å². The van der Waals surface area contributed by atoms with Crippen LogP contribution in [-0.2, 0) is 11.3 Å². The number of rotatable bonds is 7. The van der Waals surface area contributed by atoms with Gasteiger partial charge in [-0.15, -0.1) is 0 Å². The third kappa shape index (κ3) is 3.42. The number of nitrogens with zero attached hydrogens (tertiary/aromatic N) is 1. The number of hydrogen-bond donors (Lipinski definition) is 2. The van der Waals surface area contributed by atoms with Gasteiger partial charge in [0.15, 0.2) is 0 Å². The van der Waals surface area contributed by atoms with Crippen LogP contribution in [0.2, 0.25) is 0 Å². The maximum Gasteiger partial charge on any atom is 0.308 e. The summed E-state index contributed by atoms with van der Waals surface area (Å²) in [7, 11) is 0. The van der Waals surface area contributed by atoms with Crippen LogP contribution in [0.3, 0.4) is 0 Å². The molecule has 0 spiro atoms. The van der Waals surface area contributed by atoms with Crippen LogP contribution >= 0.6 is 0 Å². The van der Waals surface area contributed by atoms with Crippen LogP contribution in [0.25, 0.3) is 0 Å². The number of hydrogen-bond acceptors (Lipinski definition) is 4. The van der Waals surface area contributed by atoms with Crippen LogP contribution in [0.15, 0.2) is 24.3 Å². The Balaban J connectivity index is 1.67. The SMILES string of the molecule is O=C(O)[C@@H]1CN(Cc2ccccc2OCCO)C[C@H]1C1CC1. The molecule has 1 aliphatic carbocycles. The van der Waals surface area contributed by atoms with Crippen molar-refractivity contribution in [3.8, 4) is 5.75 Å². The quantitative estimate of drug-likeness (QED) is 0.801. The first-order valence-electron chi connectivity index (χ1n) is 7.95. The van der Waals surface area contributed by atoms with Crippen LogP contribution in [-0.4, -0.2) is 47.4 Å². The fraction of sp³-hybridized carbons (Fsp3) is 0.588. The number of likely N-dealkylation sites (tertiary alicyclic amines) is 1. The van der Waals surface area contributed by atoms with Crippen molar-refractivity contribution in [2.24, 2.45) is 17.8 Å². The average molecular weight is 305 g/mol. The van der Waals surface area contributed by atoms with Crippen molar-refractivity contribution in [1.29, 1.82) is 0 Å². The molecule has 1 aromatic carbocycles. The topological polar surface area (TPSA) is 70.0 Å². The Labute approximate surface area is 130 Å². The Bertz CT molecular complexity index is 529. The van der Waals surface area contributed by atoms with E-state index in [-0.39, 0.29) is 19.1 Å². The largest absolute Gasteiger partial charge is 0.491 e. The van der Waals surface area contributed by atoms with Crippen molar-refractivity contribution in [2.45, 2.75) is 19.4 Å². The van der Waals surface area contributed by atoms with Gasteiger partial charge in [-0.25, -0.2) is 0 Å². The molecule has 1 saturated heterocycles. The van der Waals surface area contributed by atoms with E-state index in [2.05, 4.69) is 4.90 Å². The van der Waals surface area contributed by atoms with Crippen molar-refractivity contribution in [3.63, 3.8) is 0 Å². The highest BCUT2D eigenvalue weighted by atomic mass is 16.5. The fourth-order valence-electron chi connectivity index (χ4n) is 3.48. The highest BCUT2D eigenvalue weighted by Gasteiger charge is 2.45. The van der Waals surface area contributed by atoms with E-state index in [0.717, 1.165) is 17.9 Å². The number of carbonyl (C=O) groups is 1. The monoisotopic (exact) mass is 305 g/mol. The first-order valence-corrected chi connectivity index (χ1v) is 7.95. The number of aliphatic carboxylic acids is 1. The zero-order chi connectivity index (χ0) is 15.5. The van der Waals surface area contributed by atoms with E-state index in [4.69, 9.17) is 9.84 Å². The summed E-state index contributed by atoms with van der Waals surface area (Å²) in [6.07, 6.45) is 2.36. The second-order valence-corrected chi connectivity index (χ2v) is 6.32. The lowest BCUT2D eigenvalue weighted by Gasteiger charge is -2.18. The molecular weight excluding hydrogens is 282 g/mol. The van der Waals surface area contributed by atoms with E-state index >= 15 is 0 Å². The van der Waals surface area contributed by atoms with Gasteiger partial charge in [0.1, 0.15) is 12.4 Å². The van der Waals surface area contributed by atoms with Crippen molar-refractivity contribution < 1.29 is 19.7 Å². The summed E-state index contributed by atoms with van der Waals surface area (Å²) < 4.78 is 5.56. The minimum atomic E-state index is -0.663. The molecule has 0 aromatic heterocycles. The minimum Gasteiger partial charge on any atom is -0.491 e. The molecule has 0 amide bonds. The summed E-state index contributed by atoms with van der Waals surface area (Å²) in [5.74, 6) is 0.774. The summed E-state index contributed by atoms with van der Waals surface area (Å²) in [6, 6.07) is 7.78. The third-order valence-electron chi connectivity index (χ3n) is 4.70. The lowest BCUT2D eigenvalue weighted by atomic mass is 9.92. The molecule has 2 aliphatic rings. The molecule has 1 saturated carbocycles. The number of carboxylic acid groups (broad SMARTS) is 1. The molecule has 2 N–H and O–H groups in total. The van der Waals surface area contributed by atoms with Crippen molar-refractivity contribution >= 4 is 5.97 Å². The molecule has 1 heterocycles. The minimum absolute atomic E-state index is 0.0110. The molecule has 1 aliphatic heterocycles. The zero-order valence-electron chi connectivity index (χ0n) is 12.6. The van der Waals surface area contributed by atoms with E-state index in [9.17, 15) is 9.90 Å². The smallest absolute Gasteiger partial charge is 0.308 e. The van der Waals surface area contributed by atoms with Crippen molar-refractivity contribution in [2.75, 3.05) is 26.3 Å². The Morgan fingerprint density at radius 3 is 2.73 bits per heavy atom. The van der Waals surface area contributed by atoms with E-state index in [1.807, 2.05) is 24.3 Å². The van der Waals surface area contributed by atoms with Crippen LogP contribution in [0, 0.1) is 17.8 Å². The number of para-hydroxylation sites is 1. The van der Waals surface area contributed by atoms with Gasteiger partial charge in [-0.3, -0.25) is 9.69 Å².